The van der Waals surface area contributed by atoms with Crippen LogP contribution in [0.3, 0.4) is 0 Å². The largest absolute Gasteiger partial charge is 0.493 e. The zero-order valence-electron chi connectivity index (χ0n) is 11.5. The van der Waals surface area contributed by atoms with Crippen LogP contribution in [-0.4, -0.2) is 29.2 Å². The van der Waals surface area contributed by atoms with E-state index in [2.05, 4.69) is 6.58 Å². The maximum Gasteiger partial charge on any atom is 0.293 e. The Hall–Kier alpha value is -1.72. The highest BCUT2D eigenvalue weighted by molar-refractivity contribution is 8.18. The molecular weight excluding hydrogens is 310 g/mol. The van der Waals surface area contributed by atoms with E-state index in [9.17, 15) is 9.59 Å². The first kappa shape index (κ1) is 15.7. The van der Waals surface area contributed by atoms with Crippen LogP contribution in [0.2, 0.25) is 5.02 Å². The fourth-order valence-electron chi connectivity index (χ4n) is 1.85. The topological polar surface area (TPSA) is 46.6 Å². The van der Waals surface area contributed by atoms with Crippen molar-refractivity contribution in [2.24, 2.45) is 0 Å². The van der Waals surface area contributed by atoms with E-state index in [0.717, 1.165) is 16.7 Å². The number of benzene rings is 1. The van der Waals surface area contributed by atoms with E-state index in [0.29, 0.717) is 27.8 Å². The monoisotopic (exact) mass is 323 g/mol. The van der Waals surface area contributed by atoms with E-state index in [-0.39, 0.29) is 17.7 Å². The van der Waals surface area contributed by atoms with Crippen molar-refractivity contribution in [3.05, 3.63) is 46.3 Å². The molecule has 0 N–H and O–H groups in total. The average Bonchev–Trinajstić information content (AvgIpc) is 2.70. The minimum Gasteiger partial charge on any atom is -0.493 e. The lowest BCUT2D eigenvalue weighted by Crippen LogP contribution is -2.27. The average molecular weight is 324 g/mol. The first-order valence-corrected chi connectivity index (χ1v) is 7.55. The highest BCUT2D eigenvalue weighted by Gasteiger charge is 2.34. The summed E-state index contributed by atoms with van der Waals surface area (Å²) in [5.41, 5.74) is 0.674. The van der Waals surface area contributed by atoms with Crippen molar-refractivity contribution in [2.45, 2.75) is 6.92 Å². The zero-order chi connectivity index (χ0) is 15.4. The molecule has 1 saturated heterocycles. The predicted molar refractivity (Wildman–Crippen MR) is 85.5 cm³/mol. The van der Waals surface area contributed by atoms with Gasteiger partial charge in [-0.3, -0.25) is 14.5 Å². The molecule has 2 rings (SSSR count). The smallest absolute Gasteiger partial charge is 0.293 e. The number of halogens is 1. The molecule has 0 saturated carbocycles. The van der Waals surface area contributed by atoms with Gasteiger partial charge in [-0.1, -0.05) is 17.7 Å². The molecule has 1 fully saturated rings. The molecule has 1 aliphatic rings. The van der Waals surface area contributed by atoms with Crippen LogP contribution in [0.25, 0.3) is 6.08 Å². The summed E-state index contributed by atoms with van der Waals surface area (Å²) in [4.78, 5) is 25.4. The first-order valence-electron chi connectivity index (χ1n) is 6.35. The fourth-order valence-corrected chi connectivity index (χ4v) is 2.87. The van der Waals surface area contributed by atoms with Gasteiger partial charge in [-0.2, -0.15) is 0 Å². The summed E-state index contributed by atoms with van der Waals surface area (Å²) in [5.74, 6) is 0.296. The predicted octanol–water partition coefficient (Wildman–Crippen LogP) is 3.96. The van der Waals surface area contributed by atoms with Crippen LogP contribution in [0.5, 0.6) is 5.75 Å². The normalized spacial score (nSPS) is 16.7. The third kappa shape index (κ3) is 3.49. The molecule has 6 heteroatoms. The Morgan fingerprint density at radius 1 is 1.43 bits per heavy atom. The van der Waals surface area contributed by atoms with Gasteiger partial charge in [0.15, 0.2) is 0 Å². The van der Waals surface area contributed by atoms with Gasteiger partial charge in [0, 0.05) is 17.1 Å². The molecule has 2 amide bonds. The summed E-state index contributed by atoms with van der Waals surface area (Å²) in [5, 5.41) is 0.237. The van der Waals surface area contributed by atoms with Gasteiger partial charge in [-0.15, -0.1) is 6.58 Å². The summed E-state index contributed by atoms with van der Waals surface area (Å²) < 4.78 is 5.50. The summed E-state index contributed by atoms with van der Waals surface area (Å²) in [7, 11) is 0. The molecule has 1 aliphatic heterocycles. The van der Waals surface area contributed by atoms with Gasteiger partial charge < -0.3 is 4.74 Å². The van der Waals surface area contributed by atoms with Gasteiger partial charge >= 0.3 is 0 Å². The van der Waals surface area contributed by atoms with Crippen molar-refractivity contribution in [1.29, 1.82) is 0 Å². The molecule has 0 aliphatic carbocycles. The minimum atomic E-state index is -0.327. The van der Waals surface area contributed by atoms with Gasteiger partial charge in [0.2, 0.25) is 0 Å². The third-order valence-electron chi connectivity index (χ3n) is 2.74. The van der Waals surface area contributed by atoms with Gasteiger partial charge in [0.1, 0.15) is 5.75 Å². The molecular formula is C15H14ClNO3S. The van der Waals surface area contributed by atoms with Crippen LogP contribution in [0.4, 0.5) is 4.79 Å². The molecule has 1 heterocycles. The van der Waals surface area contributed by atoms with Crippen molar-refractivity contribution in [2.75, 3.05) is 13.2 Å². The Bertz CT molecular complexity index is 627. The second-order valence-electron chi connectivity index (χ2n) is 4.20. The number of hydrogen-bond acceptors (Lipinski definition) is 4. The summed E-state index contributed by atoms with van der Waals surface area (Å²) in [6.07, 6.45) is 3.15. The SMILES string of the molecule is C=CCN1C(=O)S/C(=C\c2cc(Cl)ccc2OCC)C1=O. The van der Waals surface area contributed by atoms with E-state index in [1.54, 1.807) is 24.3 Å². The van der Waals surface area contributed by atoms with Gasteiger partial charge in [-0.05, 0) is 43.0 Å². The van der Waals surface area contributed by atoms with Crippen molar-refractivity contribution in [1.82, 2.24) is 4.90 Å². The van der Waals surface area contributed by atoms with E-state index in [4.69, 9.17) is 16.3 Å². The lowest BCUT2D eigenvalue weighted by molar-refractivity contribution is -0.122. The third-order valence-corrected chi connectivity index (χ3v) is 3.89. The van der Waals surface area contributed by atoms with Gasteiger partial charge in [0.05, 0.1) is 11.5 Å². The number of carbonyl (C=O) groups is 2. The summed E-state index contributed by atoms with van der Waals surface area (Å²) >= 11 is 6.88. The maximum absolute atomic E-state index is 12.2. The van der Waals surface area contributed by atoms with Crippen molar-refractivity contribution in [3.8, 4) is 5.75 Å². The number of amides is 2. The molecule has 110 valence electrons. The quantitative estimate of drug-likeness (QED) is 0.608. The lowest BCUT2D eigenvalue weighted by atomic mass is 10.2. The van der Waals surface area contributed by atoms with Gasteiger partial charge in [0.25, 0.3) is 11.1 Å². The highest BCUT2D eigenvalue weighted by atomic mass is 35.5. The molecule has 21 heavy (non-hydrogen) atoms. The Morgan fingerprint density at radius 2 is 2.19 bits per heavy atom. The molecule has 4 nitrogen and oxygen atoms in total. The fraction of sp³-hybridized carbons (Fsp3) is 0.200. The standard InChI is InChI=1S/C15H14ClNO3S/c1-3-7-17-14(18)13(21-15(17)19)9-10-8-11(16)5-6-12(10)20-4-2/h3,5-6,8-9H,1,4,7H2,2H3/b13-9-. The molecule has 0 atom stereocenters. The zero-order valence-corrected chi connectivity index (χ0v) is 13.0. The molecule has 0 radical (unpaired) electrons. The summed E-state index contributed by atoms with van der Waals surface area (Å²) in [6.45, 7) is 6.12. The number of thioether (sulfide) groups is 1. The molecule has 1 aromatic carbocycles. The number of nitrogens with zero attached hydrogens (tertiary/aromatic N) is 1. The first-order chi connectivity index (χ1) is 10.1. The van der Waals surface area contributed by atoms with Crippen LogP contribution in [0, 0.1) is 0 Å². The molecule has 1 aromatic rings. The van der Waals surface area contributed by atoms with Crippen LogP contribution in [0.15, 0.2) is 35.8 Å². The highest BCUT2D eigenvalue weighted by Crippen LogP contribution is 2.34. The van der Waals surface area contributed by atoms with E-state index >= 15 is 0 Å². The number of hydrogen-bond donors (Lipinski definition) is 0. The Labute approximate surface area is 132 Å². The second-order valence-corrected chi connectivity index (χ2v) is 5.63. The van der Waals surface area contributed by atoms with E-state index in [1.165, 1.54) is 6.08 Å². The number of rotatable bonds is 5. The van der Waals surface area contributed by atoms with Crippen LogP contribution < -0.4 is 4.74 Å². The van der Waals surface area contributed by atoms with Crippen LogP contribution >= 0.6 is 23.4 Å². The molecule has 0 unspecified atom stereocenters. The summed E-state index contributed by atoms with van der Waals surface area (Å²) in [6, 6.07) is 5.16. The lowest BCUT2D eigenvalue weighted by Gasteiger charge is -2.09. The number of imide groups is 1. The number of ether oxygens (including phenoxy) is 1. The second kappa shape index (κ2) is 6.83. The molecule has 0 aromatic heterocycles. The Balaban J connectivity index is 2.36. The van der Waals surface area contributed by atoms with Crippen LogP contribution in [-0.2, 0) is 4.79 Å². The van der Waals surface area contributed by atoms with E-state index < -0.39 is 0 Å². The molecule has 0 bridgehead atoms. The van der Waals surface area contributed by atoms with Crippen molar-refractivity contribution < 1.29 is 14.3 Å². The Kier molecular flexibility index (Phi) is 5.09. The van der Waals surface area contributed by atoms with Crippen molar-refractivity contribution in [3.63, 3.8) is 0 Å². The van der Waals surface area contributed by atoms with Crippen molar-refractivity contribution >= 4 is 40.6 Å². The number of carbonyl (C=O) groups excluding carboxylic acids is 2. The van der Waals surface area contributed by atoms with Crippen LogP contribution in [0.1, 0.15) is 12.5 Å². The van der Waals surface area contributed by atoms with Gasteiger partial charge in [-0.25, -0.2) is 0 Å². The van der Waals surface area contributed by atoms with E-state index in [1.807, 2.05) is 6.92 Å². The molecule has 0 spiro atoms. The minimum absolute atomic E-state index is 0.204. The maximum atomic E-state index is 12.2. The Morgan fingerprint density at radius 3 is 2.86 bits per heavy atom.